The van der Waals surface area contributed by atoms with Gasteiger partial charge in [-0.3, -0.25) is 9.69 Å². The maximum absolute atomic E-state index is 14.5. The molecular formula is C22H29FN4O3S. The van der Waals surface area contributed by atoms with Crippen molar-refractivity contribution >= 4 is 15.9 Å². The van der Waals surface area contributed by atoms with E-state index in [4.69, 9.17) is 0 Å². The molecular weight excluding hydrogens is 419 g/mol. The summed E-state index contributed by atoms with van der Waals surface area (Å²) in [6.45, 7) is 6.06. The number of hydrogen-bond donors (Lipinski definition) is 2. The van der Waals surface area contributed by atoms with Gasteiger partial charge in [0, 0.05) is 39.3 Å². The summed E-state index contributed by atoms with van der Waals surface area (Å²) in [5, 5.41) is 2.91. The highest BCUT2D eigenvalue weighted by atomic mass is 32.2. The second kappa shape index (κ2) is 10.3. The van der Waals surface area contributed by atoms with Gasteiger partial charge in [0.25, 0.3) is 5.91 Å². The smallest absolute Gasteiger partial charge is 0.254 e. The number of benzene rings is 2. The van der Waals surface area contributed by atoms with E-state index in [0.717, 1.165) is 49.9 Å². The third-order valence-corrected chi connectivity index (χ3v) is 6.91. The highest BCUT2D eigenvalue weighted by Gasteiger charge is 2.24. The molecule has 1 saturated heterocycles. The molecule has 1 aliphatic rings. The number of piperazine rings is 1. The zero-order chi connectivity index (χ0) is 22.4. The number of rotatable bonds is 8. The van der Waals surface area contributed by atoms with E-state index in [0.29, 0.717) is 6.54 Å². The van der Waals surface area contributed by atoms with Crippen LogP contribution in [-0.4, -0.2) is 70.4 Å². The van der Waals surface area contributed by atoms with Gasteiger partial charge < -0.3 is 10.2 Å². The summed E-state index contributed by atoms with van der Waals surface area (Å²) in [7, 11) is -1.73. The first-order valence-corrected chi connectivity index (χ1v) is 11.8. The van der Waals surface area contributed by atoms with Crippen molar-refractivity contribution in [2.75, 3.05) is 46.3 Å². The number of hydrogen-bond acceptors (Lipinski definition) is 5. The molecule has 31 heavy (non-hydrogen) atoms. The van der Waals surface area contributed by atoms with Gasteiger partial charge in [-0.15, -0.1) is 0 Å². The molecule has 9 heteroatoms. The number of nitrogens with one attached hydrogen (secondary N) is 2. The average Bonchev–Trinajstić information content (AvgIpc) is 2.75. The van der Waals surface area contributed by atoms with E-state index < -0.39 is 21.7 Å². The Morgan fingerprint density at radius 3 is 2.42 bits per heavy atom. The Balaban J connectivity index is 1.83. The van der Waals surface area contributed by atoms with Crippen molar-refractivity contribution in [3.63, 3.8) is 0 Å². The maximum atomic E-state index is 14.5. The highest BCUT2D eigenvalue weighted by Crippen LogP contribution is 2.19. The number of halogens is 1. The summed E-state index contributed by atoms with van der Waals surface area (Å²) in [4.78, 5) is 17.4. The Kier molecular flexibility index (Phi) is 7.77. The molecule has 0 radical (unpaired) electrons. The van der Waals surface area contributed by atoms with E-state index in [1.165, 1.54) is 0 Å². The van der Waals surface area contributed by atoms with Gasteiger partial charge in [-0.2, -0.15) is 0 Å². The number of sulfonamides is 1. The van der Waals surface area contributed by atoms with Crippen LogP contribution in [0.2, 0.25) is 0 Å². The van der Waals surface area contributed by atoms with Gasteiger partial charge in [0.2, 0.25) is 10.0 Å². The molecule has 1 atom stereocenters. The van der Waals surface area contributed by atoms with Crippen molar-refractivity contribution in [3.05, 3.63) is 65.5 Å². The Labute approximate surface area is 183 Å². The van der Waals surface area contributed by atoms with Crippen LogP contribution in [0.3, 0.4) is 0 Å². The van der Waals surface area contributed by atoms with Gasteiger partial charge in [0.05, 0.1) is 16.5 Å². The summed E-state index contributed by atoms with van der Waals surface area (Å²) in [5.41, 5.74) is 0.616. The molecule has 168 valence electrons. The summed E-state index contributed by atoms with van der Waals surface area (Å²) < 4.78 is 41.4. The first-order valence-electron chi connectivity index (χ1n) is 10.4. The van der Waals surface area contributed by atoms with Crippen LogP contribution in [0.1, 0.15) is 28.9 Å². The zero-order valence-corrected chi connectivity index (χ0v) is 18.7. The Bertz CT molecular complexity index is 993. The van der Waals surface area contributed by atoms with Crippen molar-refractivity contribution in [2.45, 2.75) is 17.9 Å². The molecule has 7 nitrogen and oxygen atoms in total. The topological polar surface area (TPSA) is 81.7 Å². The van der Waals surface area contributed by atoms with Crippen LogP contribution in [0, 0.1) is 5.82 Å². The van der Waals surface area contributed by atoms with Crippen molar-refractivity contribution < 1.29 is 17.6 Å². The molecule has 3 rings (SSSR count). The molecule has 0 bridgehead atoms. The molecule has 0 spiro atoms. The molecule has 1 unspecified atom stereocenters. The number of likely N-dealkylation sites (N-methyl/N-ethyl adjacent to an activating group) is 1. The lowest BCUT2D eigenvalue weighted by Crippen LogP contribution is -2.47. The minimum absolute atomic E-state index is 0.142. The van der Waals surface area contributed by atoms with Gasteiger partial charge in [-0.05, 0) is 30.8 Å². The first-order chi connectivity index (χ1) is 14.8. The number of carbonyl (C=O) groups excluding carboxylic acids is 1. The lowest BCUT2D eigenvalue weighted by atomic mass is 10.0. The van der Waals surface area contributed by atoms with Crippen LogP contribution >= 0.6 is 0 Å². The maximum Gasteiger partial charge on any atom is 0.254 e. The fourth-order valence-corrected chi connectivity index (χ4v) is 4.63. The molecule has 1 amide bonds. The summed E-state index contributed by atoms with van der Waals surface area (Å²) in [6.07, 6.45) is 0. The second-order valence-electron chi connectivity index (χ2n) is 7.68. The third kappa shape index (κ3) is 6.10. The predicted octanol–water partition coefficient (Wildman–Crippen LogP) is 1.84. The van der Waals surface area contributed by atoms with Gasteiger partial charge >= 0.3 is 0 Å². The summed E-state index contributed by atoms with van der Waals surface area (Å²) >= 11 is 0. The van der Waals surface area contributed by atoms with Crippen molar-refractivity contribution in [1.29, 1.82) is 0 Å². The molecule has 1 fully saturated rings. The number of nitrogens with zero attached hydrogens (tertiary/aromatic N) is 2. The third-order valence-electron chi connectivity index (χ3n) is 5.37. The molecule has 2 aromatic rings. The Morgan fingerprint density at radius 2 is 1.77 bits per heavy atom. The van der Waals surface area contributed by atoms with Gasteiger partial charge in [0.1, 0.15) is 5.82 Å². The number of carbonyl (C=O) groups is 1. The number of amides is 1. The van der Waals surface area contributed by atoms with E-state index >= 15 is 0 Å². The molecule has 1 heterocycles. The summed E-state index contributed by atoms with van der Waals surface area (Å²) in [6, 6.07) is 12.4. The highest BCUT2D eigenvalue weighted by molar-refractivity contribution is 7.89. The average molecular weight is 449 g/mol. The minimum Gasteiger partial charge on any atom is -0.344 e. The van der Waals surface area contributed by atoms with Crippen LogP contribution in [-0.2, 0) is 10.0 Å². The van der Waals surface area contributed by atoms with Gasteiger partial charge in [-0.25, -0.2) is 17.5 Å². The molecule has 1 aliphatic heterocycles. The normalized spacial score (nSPS) is 16.7. The van der Waals surface area contributed by atoms with E-state index in [1.807, 2.05) is 30.3 Å². The molecule has 0 saturated carbocycles. The van der Waals surface area contributed by atoms with Crippen LogP contribution in [0.5, 0.6) is 0 Å². The molecule has 0 aliphatic carbocycles. The van der Waals surface area contributed by atoms with Crippen LogP contribution in [0.4, 0.5) is 4.39 Å². The lowest BCUT2D eigenvalue weighted by Gasteiger charge is -2.35. The largest absolute Gasteiger partial charge is 0.344 e. The Morgan fingerprint density at radius 1 is 1.10 bits per heavy atom. The molecule has 2 N–H and O–H groups in total. The SMILES string of the molecule is CCNS(=O)(=O)c1ccc(F)c(C(=O)NC(CN2CCN(C)CC2)c2ccccc2)c1. The first kappa shape index (κ1) is 23.3. The van der Waals surface area contributed by atoms with Gasteiger partial charge in [-0.1, -0.05) is 37.3 Å². The van der Waals surface area contributed by atoms with Crippen LogP contribution < -0.4 is 10.0 Å². The van der Waals surface area contributed by atoms with E-state index in [9.17, 15) is 17.6 Å². The quantitative estimate of drug-likeness (QED) is 0.644. The second-order valence-corrected chi connectivity index (χ2v) is 9.45. The predicted molar refractivity (Wildman–Crippen MR) is 118 cm³/mol. The summed E-state index contributed by atoms with van der Waals surface area (Å²) in [5.74, 6) is -1.41. The van der Waals surface area contributed by atoms with Crippen LogP contribution in [0.15, 0.2) is 53.4 Å². The van der Waals surface area contributed by atoms with Crippen LogP contribution in [0.25, 0.3) is 0 Å². The molecule has 2 aromatic carbocycles. The van der Waals surface area contributed by atoms with E-state index in [1.54, 1.807) is 6.92 Å². The van der Waals surface area contributed by atoms with Crippen molar-refractivity contribution in [3.8, 4) is 0 Å². The Hall–Kier alpha value is -2.33. The monoisotopic (exact) mass is 448 g/mol. The fraction of sp³-hybridized carbons (Fsp3) is 0.409. The van der Waals surface area contributed by atoms with E-state index in [-0.39, 0.29) is 23.0 Å². The van der Waals surface area contributed by atoms with Gasteiger partial charge in [0.15, 0.2) is 0 Å². The zero-order valence-electron chi connectivity index (χ0n) is 17.8. The van der Waals surface area contributed by atoms with Crippen molar-refractivity contribution in [1.82, 2.24) is 19.8 Å². The minimum atomic E-state index is -3.80. The fourth-order valence-electron chi connectivity index (χ4n) is 3.56. The van der Waals surface area contributed by atoms with E-state index in [2.05, 4.69) is 26.9 Å². The van der Waals surface area contributed by atoms with Crippen molar-refractivity contribution in [2.24, 2.45) is 0 Å². The molecule has 0 aromatic heterocycles. The standard InChI is InChI=1S/C22H29FN4O3S/c1-3-24-31(29,30)18-9-10-20(23)19(15-18)22(28)25-21(17-7-5-4-6-8-17)16-27-13-11-26(2)12-14-27/h4-10,15,21,24H,3,11-14,16H2,1-2H3,(H,25,28). The lowest BCUT2D eigenvalue weighted by molar-refractivity contribution is 0.0903.